The van der Waals surface area contributed by atoms with Crippen molar-refractivity contribution < 1.29 is 38.8 Å². The van der Waals surface area contributed by atoms with Crippen molar-refractivity contribution in [2.75, 3.05) is 0 Å². The van der Waals surface area contributed by atoms with Crippen molar-refractivity contribution in [2.45, 2.75) is 73.7 Å². The van der Waals surface area contributed by atoms with Crippen molar-refractivity contribution in [2.24, 2.45) is 5.41 Å². The molecule has 0 bridgehead atoms. The average molecular weight is 673 g/mol. The van der Waals surface area contributed by atoms with E-state index in [9.17, 15) is 18.7 Å². The van der Waals surface area contributed by atoms with Gasteiger partial charge in [-0.2, -0.15) is 0 Å². The predicted octanol–water partition coefficient (Wildman–Crippen LogP) is 8.53. The third-order valence-electron chi connectivity index (χ3n) is 6.53. The van der Waals surface area contributed by atoms with Crippen molar-refractivity contribution in [1.82, 2.24) is 4.98 Å². The molecule has 0 aliphatic rings. The third-order valence-corrected chi connectivity index (χ3v) is 6.53. The van der Waals surface area contributed by atoms with Crippen molar-refractivity contribution in [1.29, 1.82) is 0 Å². The van der Waals surface area contributed by atoms with E-state index in [0.717, 1.165) is 16.8 Å². The number of rotatable bonds is 7. The molecule has 1 aromatic heterocycles. The first-order valence-electron chi connectivity index (χ1n) is 12.0. The van der Waals surface area contributed by atoms with Crippen LogP contribution in [0.15, 0.2) is 54.4 Å². The Balaban J connectivity index is 0.000000382. The van der Waals surface area contributed by atoms with Crippen LogP contribution in [0.25, 0.3) is 22.0 Å². The van der Waals surface area contributed by atoms with Gasteiger partial charge in [-0.15, -0.1) is 34.9 Å². The van der Waals surface area contributed by atoms with Gasteiger partial charge >= 0.3 is 0 Å². The fourth-order valence-electron chi connectivity index (χ4n) is 3.78. The molecule has 0 saturated heterocycles. The number of carbonyl (C=O) groups is 1. The van der Waals surface area contributed by atoms with Crippen molar-refractivity contribution in [3.8, 4) is 11.3 Å². The van der Waals surface area contributed by atoms with Gasteiger partial charge in [-0.25, -0.2) is 8.78 Å². The van der Waals surface area contributed by atoms with Crippen LogP contribution < -0.4 is 0 Å². The fraction of sp³-hybridized carbons (Fsp3) is 0.400. The molecule has 0 aliphatic heterocycles. The Kier molecular flexibility index (Phi) is 12.1. The molecule has 0 amide bonds. The minimum atomic E-state index is -3.05. The average Bonchev–Trinajstić information content (AvgIpc) is 2.82. The summed E-state index contributed by atoms with van der Waals surface area (Å²) in [5, 5.41) is 11.9. The first kappa shape index (κ1) is 31.6. The summed E-state index contributed by atoms with van der Waals surface area (Å²) in [4.78, 5) is 15.2. The van der Waals surface area contributed by atoms with Gasteiger partial charge in [0.25, 0.3) is 6.43 Å². The summed E-state index contributed by atoms with van der Waals surface area (Å²) >= 11 is 0. The summed E-state index contributed by atoms with van der Waals surface area (Å²) < 4.78 is 23.8. The van der Waals surface area contributed by atoms with Crippen LogP contribution in [0.1, 0.15) is 70.1 Å². The van der Waals surface area contributed by atoms with E-state index in [0.29, 0.717) is 24.8 Å². The second kappa shape index (κ2) is 13.8. The molecule has 3 aromatic rings. The number of alkyl halides is 2. The number of aliphatic hydroxyl groups is 1. The Bertz CT molecular complexity index is 1180. The number of fused-ring (bicyclic) bond motifs is 1. The second-order valence-electron chi connectivity index (χ2n) is 9.55. The van der Waals surface area contributed by atoms with Crippen LogP contribution in [0.2, 0.25) is 0 Å². The summed E-state index contributed by atoms with van der Waals surface area (Å²) in [7, 11) is 0. The van der Waals surface area contributed by atoms with Crippen LogP contribution in [0, 0.1) is 25.3 Å². The van der Waals surface area contributed by atoms with Crippen molar-refractivity contribution >= 4 is 16.6 Å². The van der Waals surface area contributed by atoms with Gasteiger partial charge in [-0.3, -0.25) is 4.79 Å². The van der Waals surface area contributed by atoms with E-state index in [1.165, 1.54) is 21.9 Å². The minimum Gasteiger partial charge on any atom is -0.512 e. The zero-order valence-corrected chi connectivity index (χ0v) is 24.5. The topological polar surface area (TPSA) is 50.2 Å². The number of carbonyl (C=O) groups excluding carboxylic acids is 1. The van der Waals surface area contributed by atoms with Crippen LogP contribution in [0.4, 0.5) is 8.78 Å². The Morgan fingerprint density at radius 3 is 2.28 bits per heavy atom. The Morgan fingerprint density at radius 2 is 1.75 bits per heavy atom. The summed E-state index contributed by atoms with van der Waals surface area (Å²) in [6.07, 6.45) is 0.686. The molecule has 0 aliphatic carbocycles. The number of benzene rings is 2. The first-order valence-corrected chi connectivity index (χ1v) is 12.0. The summed E-state index contributed by atoms with van der Waals surface area (Å²) in [5.41, 5.74) is 5.29. The van der Waals surface area contributed by atoms with Crippen LogP contribution in [0.5, 0.6) is 0 Å². The molecule has 0 fully saturated rings. The molecule has 0 spiro atoms. The molecule has 36 heavy (non-hydrogen) atoms. The number of pyridine rings is 1. The van der Waals surface area contributed by atoms with Gasteiger partial charge < -0.3 is 10.1 Å². The molecular weight excluding hydrogens is 637 g/mol. The molecule has 3 nitrogen and oxygen atoms in total. The molecule has 0 saturated carbocycles. The van der Waals surface area contributed by atoms with Gasteiger partial charge in [0.1, 0.15) is 5.76 Å². The number of halogens is 2. The first-order chi connectivity index (χ1) is 16.4. The molecule has 1 heterocycles. The van der Waals surface area contributed by atoms with E-state index >= 15 is 0 Å². The van der Waals surface area contributed by atoms with E-state index < -0.39 is 17.6 Å². The van der Waals surface area contributed by atoms with E-state index in [1.54, 1.807) is 6.92 Å². The molecule has 3 rings (SSSR count). The molecule has 0 unspecified atom stereocenters. The maximum atomic E-state index is 11.9. The third kappa shape index (κ3) is 8.04. The fourth-order valence-corrected chi connectivity index (χ4v) is 3.78. The molecule has 197 valence electrons. The van der Waals surface area contributed by atoms with Crippen LogP contribution in [-0.4, -0.2) is 22.3 Å². The SMILES string of the molecule is CCC(C)(CC)/C(O)=C/C(=O)C(F)F.Cc1[c-]c(-c2nccc3cc(C(C)C)ccc23)cc(C)c1.[Ir]. The van der Waals surface area contributed by atoms with Crippen LogP contribution >= 0.6 is 0 Å². The number of nitrogens with zero attached hydrogens (tertiary/aromatic N) is 1. The molecule has 1 N–H and O–H groups in total. The monoisotopic (exact) mass is 673 g/mol. The smallest absolute Gasteiger partial charge is 0.300 e. The molecular formula is C30H36F2IrNO2-. The normalized spacial score (nSPS) is 11.8. The Hall–Kier alpha value is -2.43. The zero-order chi connectivity index (χ0) is 26.3. The van der Waals surface area contributed by atoms with Gasteiger partial charge in [0.15, 0.2) is 0 Å². The number of hydrogen-bond donors (Lipinski definition) is 1. The number of ketones is 1. The van der Waals surface area contributed by atoms with Gasteiger partial charge in [0, 0.05) is 37.8 Å². The quantitative estimate of drug-likeness (QED) is 0.156. The van der Waals surface area contributed by atoms with Gasteiger partial charge in [-0.05, 0) is 46.9 Å². The van der Waals surface area contributed by atoms with E-state index in [-0.39, 0.29) is 25.9 Å². The number of aryl methyl sites for hydroxylation is 2. The van der Waals surface area contributed by atoms with Gasteiger partial charge in [-0.1, -0.05) is 66.7 Å². The van der Waals surface area contributed by atoms with Gasteiger partial charge in [0.05, 0.1) is 0 Å². The van der Waals surface area contributed by atoms with Crippen molar-refractivity contribution in [3.63, 3.8) is 0 Å². The van der Waals surface area contributed by atoms with Crippen LogP contribution in [0.3, 0.4) is 0 Å². The van der Waals surface area contributed by atoms with Crippen molar-refractivity contribution in [3.05, 3.63) is 77.2 Å². The Morgan fingerprint density at radius 1 is 1.11 bits per heavy atom. The van der Waals surface area contributed by atoms with E-state index in [1.807, 2.05) is 20.0 Å². The maximum Gasteiger partial charge on any atom is 0.300 e. The molecule has 0 atom stereocenters. The number of allylic oxidation sites excluding steroid dienone is 2. The standard InChI is InChI=1S/C20H20N.C10H16F2O2.Ir/c1-13(2)16-5-6-19-17(12-16)7-8-21-20(19)18-10-14(3)9-15(4)11-18;1-4-10(3,5-2)8(14)6-7(13)9(11)12;/h5-10,12-13H,1-4H3;6,9,14H,4-5H2,1-3H3;/q-1;;/b;8-6-;. The summed E-state index contributed by atoms with van der Waals surface area (Å²) in [6.45, 7) is 14.0. The van der Waals surface area contributed by atoms with Crippen LogP contribution in [-0.2, 0) is 24.9 Å². The largest absolute Gasteiger partial charge is 0.512 e. The number of aromatic nitrogens is 1. The second-order valence-corrected chi connectivity index (χ2v) is 9.55. The summed E-state index contributed by atoms with van der Waals surface area (Å²) in [5.74, 6) is -1.05. The molecule has 6 heteroatoms. The zero-order valence-electron chi connectivity index (χ0n) is 22.1. The Labute approximate surface area is 227 Å². The maximum absolute atomic E-state index is 11.9. The predicted molar refractivity (Wildman–Crippen MR) is 140 cm³/mol. The number of aliphatic hydroxyl groups excluding tert-OH is 1. The molecule has 2 aromatic carbocycles. The van der Waals surface area contributed by atoms with Gasteiger partial charge in [0.2, 0.25) is 5.78 Å². The number of hydrogen-bond acceptors (Lipinski definition) is 3. The summed E-state index contributed by atoms with van der Waals surface area (Å²) in [6, 6.07) is 16.5. The minimum absolute atomic E-state index is 0. The van der Waals surface area contributed by atoms with E-state index in [2.05, 4.69) is 75.1 Å². The molecule has 1 radical (unpaired) electrons. The van der Waals surface area contributed by atoms with E-state index in [4.69, 9.17) is 0 Å².